The number of nitrogens with zero attached hydrogens (tertiary/aromatic N) is 3. The summed E-state index contributed by atoms with van der Waals surface area (Å²) < 4.78 is 11.3. The van der Waals surface area contributed by atoms with Gasteiger partial charge in [0.1, 0.15) is 0 Å². The zero-order valence-corrected chi connectivity index (χ0v) is 16.5. The van der Waals surface area contributed by atoms with Crippen molar-refractivity contribution in [2.24, 2.45) is 5.92 Å². The average molecular weight is 371 g/mol. The summed E-state index contributed by atoms with van der Waals surface area (Å²) in [6.07, 6.45) is 5.74. The lowest BCUT2D eigenvalue weighted by Crippen LogP contribution is -2.45. The maximum Gasteiger partial charge on any atom is 0.259 e. The first kappa shape index (κ1) is 18.4. The SMILES string of the molecule is Cc1noc2nc(C3CC3)cc(C(=O)N3CCOC(CCCC(C)C)C3)c12. The summed E-state index contributed by atoms with van der Waals surface area (Å²) in [7, 11) is 0. The molecule has 4 rings (SSSR count). The van der Waals surface area contributed by atoms with Gasteiger partial charge in [-0.1, -0.05) is 31.8 Å². The Labute approximate surface area is 160 Å². The summed E-state index contributed by atoms with van der Waals surface area (Å²) >= 11 is 0. The molecule has 1 saturated carbocycles. The molecular weight excluding hydrogens is 342 g/mol. The van der Waals surface area contributed by atoms with Crippen LogP contribution in [-0.2, 0) is 4.74 Å². The van der Waals surface area contributed by atoms with Crippen molar-refractivity contribution in [3.63, 3.8) is 0 Å². The van der Waals surface area contributed by atoms with Crippen LogP contribution in [0.4, 0.5) is 0 Å². The lowest BCUT2D eigenvalue weighted by molar-refractivity contribution is -0.0259. The van der Waals surface area contributed by atoms with E-state index in [1.807, 2.05) is 17.9 Å². The van der Waals surface area contributed by atoms with Crippen molar-refractivity contribution < 1.29 is 14.1 Å². The topological polar surface area (TPSA) is 68.5 Å². The molecule has 1 aliphatic heterocycles. The predicted octanol–water partition coefficient (Wildman–Crippen LogP) is 4.08. The first-order valence-electron chi connectivity index (χ1n) is 10.2. The van der Waals surface area contributed by atoms with E-state index in [0.717, 1.165) is 42.5 Å². The minimum Gasteiger partial charge on any atom is -0.375 e. The van der Waals surface area contributed by atoms with Gasteiger partial charge in [0.2, 0.25) is 0 Å². The molecule has 1 amide bonds. The molecule has 2 aliphatic rings. The lowest BCUT2D eigenvalue weighted by atomic mass is 10.0. The largest absolute Gasteiger partial charge is 0.375 e. The van der Waals surface area contributed by atoms with Gasteiger partial charge in [0.15, 0.2) is 0 Å². The van der Waals surface area contributed by atoms with E-state index in [2.05, 4.69) is 24.0 Å². The van der Waals surface area contributed by atoms with Crippen molar-refractivity contribution in [1.82, 2.24) is 15.0 Å². The highest BCUT2D eigenvalue weighted by Crippen LogP contribution is 2.40. The quantitative estimate of drug-likeness (QED) is 0.765. The van der Waals surface area contributed by atoms with Gasteiger partial charge >= 0.3 is 0 Å². The smallest absolute Gasteiger partial charge is 0.259 e. The van der Waals surface area contributed by atoms with Gasteiger partial charge in [-0.3, -0.25) is 4.79 Å². The standard InChI is InChI=1S/C21H29N3O3/c1-13(2)5-4-6-16-12-24(9-10-26-16)21(25)17-11-18(15-7-8-15)22-20-19(17)14(3)23-27-20/h11,13,15-16H,4-10,12H2,1-3H3. The number of hydrogen-bond donors (Lipinski definition) is 0. The number of morpholine rings is 1. The third kappa shape index (κ3) is 4.00. The normalized spacial score (nSPS) is 20.6. The van der Waals surface area contributed by atoms with E-state index >= 15 is 0 Å². The van der Waals surface area contributed by atoms with Crippen LogP contribution >= 0.6 is 0 Å². The van der Waals surface area contributed by atoms with E-state index in [9.17, 15) is 4.79 Å². The molecule has 2 aromatic heterocycles. The number of amides is 1. The number of aryl methyl sites for hydroxylation is 1. The molecule has 0 aromatic carbocycles. The Morgan fingerprint density at radius 2 is 2.19 bits per heavy atom. The summed E-state index contributed by atoms with van der Waals surface area (Å²) in [5.41, 5.74) is 2.86. The molecule has 2 aromatic rings. The molecule has 0 spiro atoms. The first-order valence-corrected chi connectivity index (χ1v) is 10.2. The Balaban J connectivity index is 1.54. The van der Waals surface area contributed by atoms with E-state index in [0.29, 0.717) is 42.8 Å². The van der Waals surface area contributed by atoms with E-state index in [-0.39, 0.29) is 12.0 Å². The second kappa shape index (κ2) is 7.58. The minimum atomic E-state index is 0.0489. The number of pyridine rings is 1. The number of fused-ring (bicyclic) bond motifs is 1. The molecule has 6 heteroatoms. The average Bonchev–Trinajstić information content (AvgIpc) is 3.44. The van der Waals surface area contributed by atoms with Crippen molar-refractivity contribution >= 4 is 17.0 Å². The second-order valence-electron chi connectivity index (χ2n) is 8.39. The number of carbonyl (C=O) groups is 1. The lowest BCUT2D eigenvalue weighted by Gasteiger charge is -2.33. The fourth-order valence-electron chi connectivity index (χ4n) is 3.87. The summed E-state index contributed by atoms with van der Waals surface area (Å²) in [6.45, 7) is 8.24. The van der Waals surface area contributed by atoms with Gasteiger partial charge in [0.05, 0.1) is 29.4 Å². The number of hydrogen-bond acceptors (Lipinski definition) is 5. The van der Waals surface area contributed by atoms with Gasteiger partial charge < -0.3 is 14.2 Å². The highest BCUT2D eigenvalue weighted by molar-refractivity contribution is 6.06. The molecular formula is C21H29N3O3. The Morgan fingerprint density at radius 3 is 2.93 bits per heavy atom. The third-order valence-corrected chi connectivity index (χ3v) is 5.60. The molecule has 27 heavy (non-hydrogen) atoms. The van der Waals surface area contributed by atoms with E-state index in [1.54, 1.807) is 0 Å². The van der Waals surface area contributed by atoms with Gasteiger partial charge in [-0.2, -0.15) is 0 Å². The van der Waals surface area contributed by atoms with Crippen LogP contribution in [0.15, 0.2) is 10.6 Å². The maximum absolute atomic E-state index is 13.4. The third-order valence-electron chi connectivity index (χ3n) is 5.60. The van der Waals surface area contributed by atoms with Crippen LogP contribution in [-0.4, -0.2) is 46.7 Å². The Morgan fingerprint density at radius 1 is 1.37 bits per heavy atom. The highest BCUT2D eigenvalue weighted by atomic mass is 16.5. The van der Waals surface area contributed by atoms with E-state index < -0.39 is 0 Å². The number of aromatic nitrogens is 2. The molecule has 1 atom stereocenters. The van der Waals surface area contributed by atoms with Crippen molar-refractivity contribution in [3.05, 3.63) is 23.0 Å². The zero-order chi connectivity index (χ0) is 19.0. The zero-order valence-electron chi connectivity index (χ0n) is 16.5. The summed E-state index contributed by atoms with van der Waals surface area (Å²) in [5.74, 6) is 1.21. The number of carbonyl (C=O) groups excluding carboxylic acids is 1. The van der Waals surface area contributed by atoms with Crippen LogP contribution in [0.1, 0.15) is 73.6 Å². The molecule has 0 radical (unpaired) electrons. The first-order chi connectivity index (χ1) is 13.0. The Hall–Kier alpha value is -1.95. The maximum atomic E-state index is 13.4. The Bertz CT molecular complexity index is 825. The molecule has 1 aliphatic carbocycles. The van der Waals surface area contributed by atoms with Gasteiger partial charge in [-0.25, -0.2) is 4.98 Å². The highest BCUT2D eigenvalue weighted by Gasteiger charge is 2.31. The van der Waals surface area contributed by atoms with Gasteiger partial charge in [-0.15, -0.1) is 0 Å². The number of rotatable bonds is 6. The van der Waals surface area contributed by atoms with E-state index in [4.69, 9.17) is 9.26 Å². The predicted molar refractivity (Wildman–Crippen MR) is 103 cm³/mol. The summed E-state index contributed by atoms with van der Waals surface area (Å²) in [6, 6.07) is 1.97. The van der Waals surface area contributed by atoms with Crippen molar-refractivity contribution in [2.75, 3.05) is 19.7 Å². The van der Waals surface area contributed by atoms with Crippen LogP contribution in [0.3, 0.4) is 0 Å². The van der Waals surface area contributed by atoms with E-state index in [1.165, 1.54) is 6.42 Å². The van der Waals surface area contributed by atoms with Crippen LogP contribution in [0.25, 0.3) is 11.1 Å². The van der Waals surface area contributed by atoms with Gasteiger partial charge in [0.25, 0.3) is 11.6 Å². The van der Waals surface area contributed by atoms with Gasteiger partial charge in [-0.05, 0) is 38.2 Å². The second-order valence-corrected chi connectivity index (χ2v) is 8.39. The monoisotopic (exact) mass is 371 g/mol. The van der Waals surface area contributed by atoms with Crippen molar-refractivity contribution in [3.8, 4) is 0 Å². The molecule has 1 unspecified atom stereocenters. The van der Waals surface area contributed by atoms with Gasteiger partial charge in [0, 0.05) is 24.7 Å². The fraction of sp³-hybridized carbons (Fsp3) is 0.667. The van der Waals surface area contributed by atoms with Crippen LogP contribution < -0.4 is 0 Å². The van der Waals surface area contributed by atoms with Crippen molar-refractivity contribution in [1.29, 1.82) is 0 Å². The molecule has 146 valence electrons. The molecule has 3 heterocycles. The summed E-state index contributed by atoms with van der Waals surface area (Å²) in [5, 5.41) is 4.80. The van der Waals surface area contributed by atoms with Crippen LogP contribution in [0.2, 0.25) is 0 Å². The minimum absolute atomic E-state index is 0.0489. The molecule has 6 nitrogen and oxygen atoms in total. The molecule has 1 saturated heterocycles. The van der Waals surface area contributed by atoms with Crippen LogP contribution in [0.5, 0.6) is 0 Å². The fourth-order valence-corrected chi connectivity index (χ4v) is 3.87. The Kier molecular flexibility index (Phi) is 5.17. The number of ether oxygens (including phenoxy) is 1. The van der Waals surface area contributed by atoms with Crippen molar-refractivity contribution in [2.45, 2.75) is 64.9 Å². The molecule has 2 fully saturated rings. The molecule has 0 N–H and O–H groups in total. The molecule has 0 bridgehead atoms. The summed E-state index contributed by atoms with van der Waals surface area (Å²) in [4.78, 5) is 19.9. The van der Waals surface area contributed by atoms with Crippen LogP contribution in [0, 0.1) is 12.8 Å².